The average molecular weight is 460 g/mol. The molecule has 3 aromatic rings. The van der Waals surface area contributed by atoms with Crippen molar-refractivity contribution >= 4 is 16.7 Å². The summed E-state index contributed by atoms with van der Waals surface area (Å²) >= 11 is 0. The number of rotatable bonds is 3. The maximum Gasteiger partial charge on any atom is 0.433 e. The van der Waals surface area contributed by atoms with E-state index in [9.17, 15) is 18.0 Å². The van der Waals surface area contributed by atoms with Gasteiger partial charge in [0.25, 0.3) is 5.56 Å². The van der Waals surface area contributed by atoms with Crippen molar-refractivity contribution in [3.63, 3.8) is 0 Å². The highest BCUT2D eigenvalue weighted by atomic mass is 19.4. The van der Waals surface area contributed by atoms with Crippen LogP contribution >= 0.6 is 0 Å². The molecule has 8 nitrogen and oxygen atoms in total. The number of halogens is 3. The van der Waals surface area contributed by atoms with Gasteiger partial charge < -0.3 is 9.64 Å². The normalized spacial score (nSPS) is 21.4. The summed E-state index contributed by atoms with van der Waals surface area (Å²) in [7, 11) is 0. The number of ether oxygens (including phenoxy) is 1. The molecule has 0 N–H and O–H groups in total. The standard InChI is InChI=1S/C22H23F3N6O2/c23-22(24,25)18-7-14(1-4-26-18)29-5-2-21(3-6-29)8-15(9-21)30-13-27-17-10-28-31(16-11-33-12-16)19(17)20(30)32/h1,4,7,10,13,15-16H,2-3,5-6,8-9,11-12H2. The molecule has 1 aliphatic carbocycles. The van der Waals surface area contributed by atoms with Crippen LogP contribution in [0, 0.1) is 5.41 Å². The monoisotopic (exact) mass is 460 g/mol. The van der Waals surface area contributed by atoms with E-state index in [2.05, 4.69) is 15.1 Å². The lowest BCUT2D eigenvalue weighted by atomic mass is 9.60. The van der Waals surface area contributed by atoms with E-state index in [1.54, 1.807) is 27.8 Å². The van der Waals surface area contributed by atoms with E-state index < -0.39 is 11.9 Å². The van der Waals surface area contributed by atoms with E-state index in [-0.39, 0.29) is 23.1 Å². The molecule has 0 aromatic carbocycles. The molecule has 2 aliphatic heterocycles. The number of pyridine rings is 1. The molecule has 6 rings (SSSR count). The highest BCUT2D eigenvalue weighted by Gasteiger charge is 2.47. The minimum atomic E-state index is -4.45. The topological polar surface area (TPSA) is 78.1 Å². The number of hydrogen-bond acceptors (Lipinski definition) is 6. The molecule has 3 aliphatic rings. The highest BCUT2D eigenvalue weighted by molar-refractivity contribution is 5.72. The van der Waals surface area contributed by atoms with Crippen LogP contribution in [0.4, 0.5) is 18.9 Å². The van der Waals surface area contributed by atoms with E-state index in [1.807, 2.05) is 4.90 Å². The van der Waals surface area contributed by atoms with Crippen molar-refractivity contribution in [3.05, 3.63) is 46.9 Å². The lowest BCUT2D eigenvalue weighted by Gasteiger charge is -2.52. The Morgan fingerprint density at radius 1 is 1.09 bits per heavy atom. The van der Waals surface area contributed by atoms with Gasteiger partial charge in [0.2, 0.25) is 0 Å². The fourth-order valence-corrected chi connectivity index (χ4v) is 5.41. The van der Waals surface area contributed by atoms with Crippen LogP contribution < -0.4 is 10.5 Å². The molecule has 0 radical (unpaired) electrons. The van der Waals surface area contributed by atoms with Gasteiger partial charge in [-0.1, -0.05) is 0 Å². The van der Waals surface area contributed by atoms with Crippen LogP contribution in [-0.4, -0.2) is 50.6 Å². The molecule has 0 bridgehead atoms. The number of anilines is 1. The third kappa shape index (κ3) is 3.40. The van der Waals surface area contributed by atoms with Gasteiger partial charge in [0.1, 0.15) is 11.2 Å². The molecule has 2 saturated heterocycles. The van der Waals surface area contributed by atoms with Gasteiger partial charge >= 0.3 is 6.18 Å². The average Bonchev–Trinajstić information content (AvgIpc) is 3.15. The van der Waals surface area contributed by atoms with Crippen LogP contribution in [0.25, 0.3) is 11.0 Å². The molecule has 11 heteroatoms. The van der Waals surface area contributed by atoms with Crippen molar-refractivity contribution in [2.45, 2.75) is 43.9 Å². The van der Waals surface area contributed by atoms with Crippen molar-refractivity contribution in [3.8, 4) is 0 Å². The first-order chi connectivity index (χ1) is 15.8. The lowest BCUT2D eigenvalue weighted by molar-refractivity contribution is -0.141. The quantitative estimate of drug-likeness (QED) is 0.598. The molecule has 3 fully saturated rings. The van der Waals surface area contributed by atoms with Crippen LogP contribution in [0.1, 0.15) is 43.5 Å². The largest absolute Gasteiger partial charge is 0.433 e. The Morgan fingerprint density at radius 3 is 2.52 bits per heavy atom. The van der Waals surface area contributed by atoms with Gasteiger partial charge in [-0.2, -0.15) is 18.3 Å². The van der Waals surface area contributed by atoms with Gasteiger partial charge in [-0.05, 0) is 43.2 Å². The summed E-state index contributed by atoms with van der Waals surface area (Å²) in [6.45, 7) is 2.48. The number of alkyl halides is 3. The fourth-order valence-electron chi connectivity index (χ4n) is 5.41. The summed E-state index contributed by atoms with van der Waals surface area (Å²) in [6, 6.07) is 2.92. The minimum Gasteiger partial charge on any atom is -0.377 e. The summed E-state index contributed by atoms with van der Waals surface area (Å²) in [5, 5.41) is 4.34. The van der Waals surface area contributed by atoms with E-state index in [0.717, 1.165) is 31.7 Å². The first-order valence-corrected chi connectivity index (χ1v) is 11.1. The molecule has 33 heavy (non-hydrogen) atoms. The van der Waals surface area contributed by atoms with Crippen molar-refractivity contribution in [2.75, 3.05) is 31.2 Å². The molecule has 5 heterocycles. The van der Waals surface area contributed by atoms with Crippen LogP contribution in [0.2, 0.25) is 0 Å². The first-order valence-electron chi connectivity index (χ1n) is 11.1. The third-order valence-electron chi connectivity index (χ3n) is 7.45. The number of hydrogen-bond donors (Lipinski definition) is 0. The summed E-state index contributed by atoms with van der Waals surface area (Å²) in [6.07, 6.45) is 3.54. The summed E-state index contributed by atoms with van der Waals surface area (Å²) in [4.78, 5) is 23.1. The molecule has 1 saturated carbocycles. The third-order valence-corrected chi connectivity index (χ3v) is 7.45. The number of aromatic nitrogens is 5. The van der Waals surface area contributed by atoms with Crippen LogP contribution in [0.5, 0.6) is 0 Å². The molecule has 0 atom stereocenters. The number of fused-ring (bicyclic) bond motifs is 1. The smallest absolute Gasteiger partial charge is 0.377 e. The Kier molecular flexibility index (Phi) is 4.55. The minimum absolute atomic E-state index is 0.0712. The molecule has 1 spiro atoms. The molecule has 3 aromatic heterocycles. The maximum absolute atomic E-state index is 13.2. The summed E-state index contributed by atoms with van der Waals surface area (Å²) < 4.78 is 47.7. The van der Waals surface area contributed by atoms with Crippen LogP contribution in [-0.2, 0) is 10.9 Å². The zero-order valence-corrected chi connectivity index (χ0v) is 17.8. The van der Waals surface area contributed by atoms with Crippen LogP contribution in [0.3, 0.4) is 0 Å². The molecule has 0 unspecified atom stereocenters. The predicted molar refractivity (Wildman–Crippen MR) is 113 cm³/mol. The van der Waals surface area contributed by atoms with Gasteiger partial charge in [0, 0.05) is 31.0 Å². The zero-order chi connectivity index (χ0) is 22.8. The van der Waals surface area contributed by atoms with Gasteiger partial charge in [-0.25, -0.2) is 9.67 Å². The van der Waals surface area contributed by atoms with E-state index in [4.69, 9.17) is 4.74 Å². The predicted octanol–water partition coefficient (Wildman–Crippen LogP) is 3.20. The molecule has 174 valence electrons. The summed E-state index contributed by atoms with van der Waals surface area (Å²) in [5.74, 6) is 0. The van der Waals surface area contributed by atoms with Gasteiger partial charge in [-0.3, -0.25) is 14.3 Å². The van der Waals surface area contributed by atoms with Gasteiger partial charge in [0.05, 0.1) is 31.8 Å². The van der Waals surface area contributed by atoms with E-state index in [0.29, 0.717) is 43.0 Å². The van der Waals surface area contributed by atoms with Crippen molar-refractivity contribution in [2.24, 2.45) is 5.41 Å². The van der Waals surface area contributed by atoms with E-state index in [1.165, 1.54) is 6.20 Å². The van der Waals surface area contributed by atoms with Crippen molar-refractivity contribution in [1.82, 2.24) is 24.3 Å². The molecular formula is C22H23F3N6O2. The Bertz CT molecular complexity index is 1250. The second-order valence-corrected chi connectivity index (χ2v) is 9.42. The van der Waals surface area contributed by atoms with Gasteiger partial charge in [0.15, 0.2) is 5.52 Å². The number of nitrogens with zero attached hydrogens (tertiary/aromatic N) is 6. The highest BCUT2D eigenvalue weighted by Crippen LogP contribution is 2.54. The first kappa shape index (κ1) is 20.6. The Hall–Kier alpha value is -2.95. The van der Waals surface area contributed by atoms with E-state index >= 15 is 0 Å². The lowest BCUT2D eigenvalue weighted by Crippen LogP contribution is -2.49. The Balaban J connectivity index is 1.15. The SMILES string of the molecule is O=c1c2c(cnn2C2COC2)ncn1C1CC2(CCN(c3ccnc(C(F)(F)F)c3)CC2)C1. The second kappa shape index (κ2) is 7.28. The second-order valence-electron chi connectivity index (χ2n) is 9.42. The zero-order valence-electron chi connectivity index (χ0n) is 17.8. The molecular weight excluding hydrogens is 437 g/mol. The van der Waals surface area contributed by atoms with Crippen molar-refractivity contribution in [1.29, 1.82) is 0 Å². The van der Waals surface area contributed by atoms with Crippen LogP contribution in [0.15, 0.2) is 35.6 Å². The van der Waals surface area contributed by atoms with Gasteiger partial charge in [-0.15, -0.1) is 0 Å². The number of piperidine rings is 1. The fraction of sp³-hybridized carbons (Fsp3) is 0.545. The van der Waals surface area contributed by atoms with Crippen molar-refractivity contribution < 1.29 is 17.9 Å². The maximum atomic E-state index is 13.2. The molecule has 0 amide bonds. The Labute approximate surface area is 187 Å². The Morgan fingerprint density at radius 2 is 1.85 bits per heavy atom. The summed E-state index contributed by atoms with van der Waals surface area (Å²) in [5.41, 5.74) is 0.873.